The van der Waals surface area contributed by atoms with Crippen LogP contribution in [0.2, 0.25) is 0 Å². The molecule has 129 valence electrons. The number of hydrogen-bond acceptors (Lipinski definition) is 3. The molecule has 0 aliphatic rings. The van der Waals surface area contributed by atoms with Gasteiger partial charge < -0.3 is 0 Å². The van der Waals surface area contributed by atoms with E-state index >= 15 is 0 Å². The molecule has 0 aliphatic carbocycles. The van der Waals surface area contributed by atoms with Gasteiger partial charge in [0, 0.05) is 29.7 Å². The first-order valence-corrected chi connectivity index (χ1v) is 9.85. The molecular formula is C19H33N3P. The fourth-order valence-corrected chi connectivity index (χ4v) is 5.87. The molecule has 0 amide bonds. The predicted molar refractivity (Wildman–Crippen MR) is 103 cm³/mol. The van der Waals surface area contributed by atoms with E-state index in [0.717, 1.165) is 5.56 Å². The Morgan fingerprint density at radius 2 is 1.30 bits per heavy atom. The van der Waals surface area contributed by atoms with E-state index in [-0.39, 0.29) is 0 Å². The highest BCUT2D eigenvalue weighted by molar-refractivity contribution is 7.71. The van der Waals surface area contributed by atoms with Gasteiger partial charge in [0.2, 0.25) is 0 Å². The van der Waals surface area contributed by atoms with Crippen molar-refractivity contribution < 1.29 is 0 Å². The topological polar surface area (TPSA) is 30.3 Å². The fraction of sp³-hybridized carbons (Fsp3) is 0.632. The van der Waals surface area contributed by atoms with Gasteiger partial charge in [0.25, 0.3) is 0 Å². The highest BCUT2D eigenvalue weighted by Gasteiger charge is 2.36. The van der Waals surface area contributed by atoms with E-state index in [1.807, 2.05) is 24.3 Å². The Hall–Kier alpha value is -0.760. The first-order chi connectivity index (χ1) is 10.7. The van der Waals surface area contributed by atoms with Gasteiger partial charge in [-0.15, -0.1) is 0 Å². The standard InChI is InChI=1S/C19H33N3P/c1-14(2)21(15(3)4)23(22(16(5)6)17(7)8)19(20)18-12-10-9-11-13-18/h9-12,14-17,20H,1-8H3. The maximum absolute atomic E-state index is 8.94. The molecule has 1 aromatic rings. The summed E-state index contributed by atoms with van der Waals surface area (Å²) >= 11 is 0. The van der Waals surface area contributed by atoms with E-state index in [1.165, 1.54) is 0 Å². The minimum atomic E-state index is -0.864. The van der Waals surface area contributed by atoms with Gasteiger partial charge in [0.1, 0.15) is 0 Å². The average Bonchev–Trinajstić information content (AvgIpc) is 2.45. The molecule has 0 aliphatic heterocycles. The van der Waals surface area contributed by atoms with E-state index in [2.05, 4.69) is 70.8 Å². The normalized spacial score (nSPS) is 12.7. The Balaban J connectivity index is 3.38. The summed E-state index contributed by atoms with van der Waals surface area (Å²) < 4.78 is 5.00. The van der Waals surface area contributed by atoms with Gasteiger partial charge in [-0.2, -0.15) is 0 Å². The first kappa shape index (κ1) is 20.3. The molecular weight excluding hydrogens is 301 g/mol. The lowest BCUT2D eigenvalue weighted by molar-refractivity contribution is 0.262. The Morgan fingerprint density at radius 3 is 1.61 bits per heavy atom. The molecule has 0 heterocycles. The van der Waals surface area contributed by atoms with Crippen molar-refractivity contribution in [2.24, 2.45) is 0 Å². The molecule has 0 unspecified atom stereocenters. The fourth-order valence-electron chi connectivity index (χ4n) is 3.07. The van der Waals surface area contributed by atoms with Crippen molar-refractivity contribution in [2.75, 3.05) is 0 Å². The lowest BCUT2D eigenvalue weighted by atomic mass is 10.2. The van der Waals surface area contributed by atoms with Crippen LogP contribution in [0.1, 0.15) is 61.0 Å². The van der Waals surface area contributed by atoms with Crippen LogP contribution in [-0.4, -0.2) is 39.0 Å². The van der Waals surface area contributed by atoms with E-state index in [4.69, 9.17) is 5.41 Å². The molecule has 4 heteroatoms. The van der Waals surface area contributed by atoms with Gasteiger partial charge in [-0.1, -0.05) is 24.3 Å². The molecule has 23 heavy (non-hydrogen) atoms. The van der Waals surface area contributed by atoms with Crippen molar-refractivity contribution in [3.05, 3.63) is 35.9 Å². The molecule has 0 atom stereocenters. The third-order valence-electron chi connectivity index (χ3n) is 3.72. The summed E-state index contributed by atoms with van der Waals surface area (Å²) in [7, 11) is -0.864. The van der Waals surface area contributed by atoms with Crippen LogP contribution < -0.4 is 0 Å². The highest BCUT2D eigenvalue weighted by Crippen LogP contribution is 2.52. The maximum atomic E-state index is 8.94. The van der Waals surface area contributed by atoms with E-state index in [9.17, 15) is 0 Å². The summed E-state index contributed by atoms with van der Waals surface area (Å²) in [5.74, 6) is 0. The summed E-state index contributed by atoms with van der Waals surface area (Å²) in [6, 6.07) is 12.7. The van der Waals surface area contributed by atoms with Gasteiger partial charge in [-0.3, -0.25) is 14.8 Å². The molecule has 3 nitrogen and oxygen atoms in total. The smallest absolute Gasteiger partial charge is 0.0928 e. The SMILES string of the molecule is CC(C)N(C(C)C)P(C(=N)c1[c]cccc1)N(C(C)C)C(C)C. The first-order valence-electron chi connectivity index (χ1n) is 8.60. The van der Waals surface area contributed by atoms with Crippen LogP contribution in [0.4, 0.5) is 0 Å². The van der Waals surface area contributed by atoms with Crippen LogP contribution in [-0.2, 0) is 0 Å². The Bertz CT molecular complexity index is 447. The third kappa shape index (κ3) is 5.11. The summed E-state index contributed by atoms with van der Waals surface area (Å²) in [6.07, 6.45) is 0. The van der Waals surface area contributed by atoms with Crippen molar-refractivity contribution in [1.82, 2.24) is 9.34 Å². The molecule has 0 spiro atoms. The number of nitrogens with zero attached hydrogens (tertiary/aromatic N) is 2. The molecule has 1 N–H and O–H groups in total. The van der Waals surface area contributed by atoms with Crippen LogP contribution in [0.25, 0.3) is 0 Å². The third-order valence-corrected chi connectivity index (χ3v) is 7.08. The van der Waals surface area contributed by atoms with Gasteiger partial charge in [0.05, 0.1) is 13.7 Å². The average molecular weight is 334 g/mol. The van der Waals surface area contributed by atoms with E-state index in [0.29, 0.717) is 29.6 Å². The minimum absolute atomic E-state index is 0.394. The Morgan fingerprint density at radius 1 is 0.870 bits per heavy atom. The van der Waals surface area contributed by atoms with Gasteiger partial charge in [-0.25, -0.2) is 0 Å². The molecule has 1 rings (SSSR count). The zero-order valence-electron chi connectivity index (χ0n) is 16.0. The lowest BCUT2D eigenvalue weighted by Crippen LogP contribution is -2.44. The van der Waals surface area contributed by atoms with Crippen LogP contribution in [0.3, 0.4) is 0 Å². The van der Waals surface area contributed by atoms with Gasteiger partial charge >= 0.3 is 0 Å². The van der Waals surface area contributed by atoms with Gasteiger partial charge in [-0.05, 0) is 61.5 Å². The van der Waals surface area contributed by atoms with Crippen LogP contribution in [0.15, 0.2) is 24.3 Å². The summed E-state index contributed by atoms with van der Waals surface area (Å²) in [5.41, 5.74) is 1.61. The van der Waals surface area contributed by atoms with Crippen LogP contribution in [0.5, 0.6) is 0 Å². The van der Waals surface area contributed by atoms with Crippen molar-refractivity contribution in [3.8, 4) is 0 Å². The highest BCUT2D eigenvalue weighted by atomic mass is 31.1. The van der Waals surface area contributed by atoms with Crippen molar-refractivity contribution in [3.63, 3.8) is 0 Å². The summed E-state index contributed by atoms with van der Waals surface area (Å²) in [5, 5.41) is 8.94. The molecule has 0 bridgehead atoms. The molecule has 1 radical (unpaired) electrons. The molecule has 0 saturated carbocycles. The lowest BCUT2D eigenvalue weighted by Gasteiger charge is -2.47. The minimum Gasteiger partial charge on any atom is -0.297 e. The van der Waals surface area contributed by atoms with E-state index in [1.54, 1.807) is 0 Å². The van der Waals surface area contributed by atoms with Crippen molar-refractivity contribution in [2.45, 2.75) is 79.6 Å². The second-order valence-corrected chi connectivity index (χ2v) is 9.00. The van der Waals surface area contributed by atoms with Gasteiger partial charge in [0.15, 0.2) is 0 Å². The second kappa shape index (κ2) is 8.92. The molecule has 0 fully saturated rings. The maximum Gasteiger partial charge on any atom is 0.0928 e. The van der Waals surface area contributed by atoms with Crippen molar-refractivity contribution in [1.29, 1.82) is 5.41 Å². The predicted octanol–water partition coefficient (Wildman–Crippen LogP) is 5.36. The number of hydrogen-bond donors (Lipinski definition) is 1. The van der Waals surface area contributed by atoms with Crippen LogP contribution >= 0.6 is 8.22 Å². The second-order valence-electron chi connectivity index (χ2n) is 7.05. The summed E-state index contributed by atoms with van der Waals surface area (Å²) in [4.78, 5) is 0. The number of benzene rings is 1. The molecule has 1 aromatic carbocycles. The molecule has 0 aromatic heterocycles. The molecule has 0 saturated heterocycles. The monoisotopic (exact) mass is 334 g/mol. The number of rotatable bonds is 8. The zero-order valence-corrected chi connectivity index (χ0v) is 16.9. The number of nitrogens with one attached hydrogen (secondary N) is 1. The van der Waals surface area contributed by atoms with E-state index < -0.39 is 8.22 Å². The van der Waals surface area contributed by atoms with Crippen LogP contribution in [0, 0.1) is 11.5 Å². The Kier molecular flexibility index (Phi) is 7.86. The Labute approximate surface area is 144 Å². The quantitative estimate of drug-likeness (QED) is 0.512. The van der Waals surface area contributed by atoms with Crippen molar-refractivity contribution >= 4 is 13.7 Å². The largest absolute Gasteiger partial charge is 0.297 e. The zero-order chi connectivity index (χ0) is 17.7. The summed E-state index contributed by atoms with van der Waals surface area (Å²) in [6.45, 7) is 17.9.